The zero-order valence-electron chi connectivity index (χ0n) is 24.4. The Kier molecular flexibility index (Phi) is 11.6. The molecule has 226 valence electrons. The van der Waals surface area contributed by atoms with Crippen LogP contribution in [0.2, 0.25) is 0 Å². The van der Waals surface area contributed by atoms with E-state index in [4.69, 9.17) is 9.68 Å². The van der Waals surface area contributed by atoms with Gasteiger partial charge in [0.25, 0.3) is 5.91 Å². The molecule has 0 spiro atoms. The fraction of sp³-hybridized carbons (Fsp3) is 0.433. The van der Waals surface area contributed by atoms with Crippen molar-refractivity contribution in [2.45, 2.75) is 50.2 Å². The summed E-state index contributed by atoms with van der Waals surface area (Å²) >= 11 is 0. The SMILES string of the molecule is CC(C)CN(C[C@@H](O)[C@H](Cc1ccccc1)N(NC(=O)CN(C)C)C(=O)CCC#N)S(=O)(=O)c1ccc2occc2c1. The number of nitriles is 1. The van der Waals surface area contributed by atoms with E-state index >= 15 is 0 Å². The summed E-state index contributed by atoms with van der Waals surface area (Å²) in [5.74, 6) is -1.13. The van der Waals surface area contributed by atoms with Gasteiger partial charge in [0.2, 0.25) is 15.9 Å². The van der Waals surface area contributed by atoms with E-state index in [9.17, 15) is 23.1 Å². The first-order valence-electron chi connectivity index (χ1n) is 13.7. The van der Waals surface area contributed by atoms with Gasteiger partial charge in [0.05, 0.1) is 35.9 Å². The summed E-state index contributed by atoms with van der Waals surface area (Å²) in [5.41, 5.74) is 3.93. The number of benzene rings is 2. The topological polar surface area (TPSA) is 147 Å². The summed E-state index contributed by atoms with van der Waals surface area (Å²) in [7, 11) is -0.672. The van der Waals surface area contributed by atoms with Crippen LogP contribution in [0.4, 0.5) is 0 Å². The molecule has 0 fully saturated rings. The molecule has 0 radical (unpaired) electrons. The molecule has 2 atom stereocenters. The molecule has 1 aromatic heterocycles. The van der Waals surface area contributed by atoms with Crippen LogP contribution in [-0.2, 0) is 26.0 Å². The number of rotatable bonds is 14. The van der Waals surface area contributed by atoms with E-state index in [1.165, 1.54) is 22.7 Å². The second kappa shape index (κ2) is 14.9. The van der Waals surface area contributed by atoms with Crippen LogP contribution in [0.5, 0.6) is 0 Å². The van der Waals surface area contributed by atoms with Crippen molar-refractivity contribution in [3.63, 3.8) is 0 Å². The van der Waals surface area contributed by atoms with Gasteiger partial charge in [0, 0.05) is 31.3 Å². The molecule has 2 N–H and O–H groups in total. The third-order valence-corrected chi connectivity index (χ3v) is 8.34. The molecule has 2 aromatic carbocycles. The van der Waals surface area contributed by atoms with Gasteiger partial charge in [-0.15, -0.1) is 0 Å². The van der Waals surface area contributed by atoms with Crippen molar-refractivity contribution >= 4 is 32.8 Å². The largest absolute Gasteiger partial charge is 0.464 e. The van der Waals surface area contributed by atoms with Crippen molar-refractivity contribution in [1.29, 1.82) is 5.26 Å². The maximum Gasteiger partial charge on any atom is 0.252 e. The molecule has 0 aliphatic rings. The number of carbonyl (C=O) groups excluding carboxylic acids is 2. The monoisotopic (exact) mass is 597 g/mol. The molecule has 0 aliphatic carbocycles. The van der Waals surface area contributed by atoms with Crippen LogP contribution in [0.15, 0.2) is 70.2 Å². The van der Waals surface area contributed by atoms with Gasteiger partial charge in [0.1, 0.15) is 5.58 Å². The second-order valence-corrected chi connectivity index (χ2v) is 12.8. The predicted octanol–water partition coefficient (Wildman–Crippen LogP) is 2.78. The Morgan fingerprint density at radius 2 is 1.79 bits per heavy atom. The molecule has 12 heteroatoms. The fourth-order valence-electron chi connectivity index (χ4n) is 4.59. The molecule has 42 heavy (non-hydrogen) atoms. The Morgan fingerprint density at radius 3 is 2.43 bits per heavy atom. The van der Waals surface area contributed by atoms with Crippen LogP contribution < -0.4 is 5.43 Å². The standard InChI is InChI=1S/C30H39N5O6S/c1-22(2)19-34(42(39,40)25-12-13-28-24(18-25)14-16-41-28)20-27(36)26(17-23-9-6-5-7-10-23)35(30(38)11-8-15-31)32-29(37)21-33(3)4/h5-7,9-10,12-14,16,18,22,26-27,36H,8,11,17,19-21H2,1-4H3,(H,32,37)/t26-,27+/m0/s1. The number of hydrogen-bond donors (Lipinski definition) is 2. The smallest absolute Gasteiger partial charge is 0.252 e. The molecule has 3 rings (SSSR count). The number of aliphatic hydroxyl groups excluding tert-OH is 1. The number of likely N-dealkylation sites (N-methyl/N-ethyl adjacent to an activating group) is 1. The van der Waals surface area contributed by atoms with Crippen LogP contribution in [0.25, 0.3) is 11.0 Å². The van der Waals surface area contributed by atoms with E-state index in [1.807, 2.05) is 50.2 Å². The van der Waals surface area contributed by atoms with Gasteiger partial charge in [-0.05, 0) is 56.3 Å². The molecule has 11 nitrogen and oxygen atoms in total. The number of amides is 2. The molecule has 0 saturated carbocycles. The predicted molar refractivity (Wildman–Crippen MR) is 158 cm³/mol. The van der Waals surface area contributed by atoms with Crippen LogP contribution >= 0.6 is 0 Å². The Morgan fingerprint density at radius 1 is 1.07 bits per heavy atom. The van der Waals surface area contributed by atoms with Crippen molar-refractivity contribution < 1.29 is 27.5 Å². The lowest BCUT2D eigenvalue weighted by molar-refractivity contribution is -0.148. The molecule has 0 bridgehead atoms. The number of nitrogens with zero attached hydrogens (tertiary/aromatic N) is 4. The highest BCUT2D eigenvalue weighted by atomic mass is 32.2. The maximum atomic E-state index is 13.9. The van der Waals surface area contributed by atoms with Crippen molar-refractivity contribution in [1.82, 2.24) is 19.6 Å². The average Bonchev–Trinajstić information content (AvgIpc) is 3.41. The minimum absolute atomic E-state index is 0.0273. The van der Waals surface area contributed by atoms with Gasteiger partial charge in [-0.3, -0.25) is 15.0 Å². The van der Waals surface area contributed by atoms with Crippen LogP contribution in [0, 0.1) is 17.2 Å². The zero-order chi connectivity index (χ0) is 30.9. The number of aliphatic hydroxyl groups is 1. The lowest BCUT2D eigenvalue weighted by Gasteiger charge is -2.37. The summed E-state index contributed by atoms with van der Waals surface area (Å²) in [6, 6.07) is 16.2. The molecule has 1 heterocycles. The van der Waals surface area contributed by atoms with E-state index in [0.717, 1.165) is 10.6 Å². The summed E-state index contributed by atoms with van der Waals surface area (Å²) in [5, 5.41) is 22.5. The summed E-state index contributed by atoms with van der Waals surface area (Å²) in [6.45, 7) is 3.48. The minimum atomic E-state index is -4.07. The summed E-state index contributed by atoms with van der Waals surface area (Å²) in [4.78, 5) is 27.8. The third-order valence-electron chi connectivity index (χ3n) is 6.51. The van der Waals surface area contributed by atoms with Crippen molar-refractivity contribution in [3.05, 3.63) is 66.4 Å². The van der Waals surface area contributed by atoms with Crippen molar-refractivity contribution in [2.75, 3.05) is 33.7 Å². The fourth-order valence-corrected chi connectivity index (χ4v) is 6.25. The number of hydrogen-bond acceptors (Lipinski definition) is 8. The minimum Gasteiger partial charge on any atom is -0.464 e. The highest BCUT2D eigenvalue weighted by molar-refractivity contribution is 7.89. The Balaban J connectivity index is 2.01. The lowest BCUT2D eigenvalue weighted by atomic mass is 9.99. The third kappa shape index (κ3) is 8.87. The molecular formula is C30H39N5O6S. The Labute approximate surface area is 247 Å². The van der Waals surface area contributed by atoms with Gasteiger partial charge in [-0.25, -0.2) is 13.4 Å². The van der Waals surface area contributed by atoms with E-state index in [1.54, 1.807) is 31.1 Å². The van der Waals surface area contributed by atoms with Crippen LogP contribution in [0.3, 0.4) is 0 Å². The van der Waals surface area contributed by atoms with Gasteiger partial charge in [-0.2, -0.15) is 9.57 Å². The van der Waals surface area contributed by atoms with Crippen molar-refractivity contribution in [3.8, 4) is 6.07 Å². The van der Waals surface area contributed by atoms with E-state index < -0.39 is 34.0 Å². The van der Waals surface area contributed by atoms with Crippen LogP contribution in [-0.4, -0.2) is 85.4 Å². The lowest BCUT2D eigenvalue weighted by Crippen LogP contribution is -2.60. The van der Waals surface area contributed by atoms with Gasteiger partial charge in [0.15, 0.2) is 0 Å². The molecular weight excluding hydrogens is 558 g/mol. The van der Waals surface area contributed by atoms with E-state index in [0.29, 0.717) is 11.0 Å². The number of fused-ring (bicyclic) bond motifs is 1. The van der Waals surface area contributed by atoms with Crippen molar-refractivity contribution in [2.24, 2.45) is 5.92 Å². The zero-order valence-corrected chi connectivity index (χ0v) is 25.3. The number of nitrogens with one attached hydrogen (secondary N) is 1. The molecule has 0 saturated heterocycles. The summed E-state index contributed by atoms with van der Waals surface area (Å²) in [6.07, 6.45) is -0.0682. The highest BCUT2D eigenvalue weighted by Gasteiger charge is 2.36. The number of sulfonamides is 1. The first kappa shape index (κ1) is 32.8. The second-order valence-electron chi connectivity index (χ2n) is 10.9. The molecule has 0 aliphatic heterocycles. The Bertz CT molecular complexity index is 1480. The average molecular weight is 598 g/mol. The molecule has 2 amide bonds. The number of carbonyl (C=O) groups is 2. The number of furan rings is 1. The first-order valence-corrected chi connectivity index (χ1v) is 15.2. The number of hydrazine groups is 1. The van der Waals surface area contributed by atoms with Gasteiger partial charge >= 0.3 is 0 Å². The first-order chi connectivity index (χ1) is 19.9. The molecule has 0 unspecified atom stereocenters. The van der Waals surface area contributed by atoms with Crippen LogP contribution in [0.1, 0.15) is 32.3 Å². The highest BCUT2D eigenvalue weighted by Crippen LogP contribution is 2.25. The maximum absolute atomic E-state index is 13.9. The normalized spacial score (nSPS) is 13.3. The van der Waals surface area contributed by atoms with E-state index in [-0.39, 0.29) is 49.7 Å². The summed E-state index contributed by atoms with van der Waals surface area (Å²) < 4.78 is 34.3. The van der Waals surface area contributed by atoms with E-state index in [2.05, 4.69) is 5.43 Å². The van der Waals surface area contributed by atoms with Gasteiger partial charge in [-0.1, -0.05) is 44.2 Å². The van der Waals surface area contributed by atoms with Gasteiger partial charge < -0.3 is 14.4 Å². The Hall–Kier alpha value is -3.76. The molecule has 3 aromatic rings. The quantitative estimate of drug-likeness (QED) is 0.270.